The van der Waals surface area contributed by atoms with Gasteiger partial charge in [0.15, 0.2) is 0 Å². The Bertz CT molecular complexity index is 659. The first-order chi connectivity index (χ1) is 9.40. The fourth-order valence-electron chi connectivity index (χ4n) is 1.76. The Kier molecular flexibility index (Phi) is 4.09. The van der Waals surface area contributed by atoms with Gasteiger partial charge >= 0.3 is 0 Å². The molecule has 0 unspecified atom stereocenters. The number of aromatic amines is 2. The van der Waals surface area contributed by atoms with Gasteiger partial charge in [-0.25, -0.2) is 8.42 Å². The predicted molar refractivity (Wildman–Crippen MR) is 74.7 cm³/mol. The molecule has 110 valence electrons. The predicted octanol–water partition coefficient (Wildman–Crippen LogP) is 0.740. The molecular weight excluding hydrogens is 280 g/mol. The second-order valence-electron chi connectivity index (χ2n) is 4.75. The average molecular weight is 298 g/mol. The molecule has 2 aromatic heterocycles. The van der Waals surface area contributed by atoms with E-state index in [-0.39, 0.29) is 10.9 Å². The summed E-state index contributed by atoms with van der Waals surface area (Å²) in [6.07, 6.45) is 2.87. The van der Waals surface area contributed by atoms with Gasteiger partial charge in [-0.15, -0.1) is 0 Å². The van der Waals surface area contributed by atoms with Gasteiger partial charge in [-0.2, -0.15) is 10.2 Å². The van der Waals surface area contributed by atoms with Crippen LogP contribution in [0.4, 0.5) is 5.69 Å². The summed E-state index contributed by atoms with van der Waals surface area (Å²) < 4.78 is 27.3. The zero-order valence-corrected chi connectivity index (χ0v) is 12.4. The number of sulfonamides is 1. The molecule has 2 rings (SSSR count). The summed E-state index contributed by atoms with van der Waals surface area (Å²) in [7, 11) is -3.69. The molecule has 0 spiro atoms. The maximum absolute atomic E-state index is 12.4. The fourth-order valence-corrected chi connectivity index (χ4v) is 3.16. The number of hydrogen-bond donors (Lipinski definition) is 4. The van der Waals surface area contributed by atoms with Crippen molar-refractivity contribution >= 4 is 15.7 Å². The molecule has 0 amide bonds. The first-order valence-electron chi connectivity index (χ1n) is 6.19. The lowest BCUT2D eigenvalue weighted by molar-refractivity contribution is 0.570. The van der Waals surface area contributed by atoms with E-state index in [4.69, 9.17) is 0 Å². The Hall–Kier alpha value is -1.87. The van der Waals surface area contributed by atoms with E-state index in [9.17, 15) is 8.42 Å². The number of rotatable bonds is 6. The minimum atomic E-state index is -3.69. The SMILES string of the molecule is Cc1[nH]nc(CNC(C)C)c1S(=O)(=O)Nc1cn[nH]c1. The highest BCUT2D eigenvalue weighted by atomic mass is 32.2. The molecule has 2 aromatic rings. The Morgan fingerprint density at radius 1 is 1.40 bits per heavy atom. The molecule has 8 nitrogen and oxygen atoms in total. The van der Waals surface area contributed by atoms with Gasteiger partial charge in [-0.05, 0) is 6.92 Å². The van der Waals surface area contributed by atoms with Crippen molar-refractivity contribution in [1.82, 2.24) is 25.7 Å². The third-order valence-corrected chi connectivity index (χ3v) is 4.24. The summed E-state index contributed by atoms with van der Waals surface area (Å²) in [6.45, 7) is 6.02. The number of H-pyrrole nitrogens is 2. The van der Waals surface area contributed by atoms with Crippen LogP contribution in [-0.2, 0) is 16.6 Å². The number of aryl methyl sites for hydroxylation is 1. The summed E-state index contributed by atoms with van der Waals surface area (Å²) in [5.41, 5.74) is 1.35. The molecular formula is C11H18N6O2S. The minimum absolute atomic E-state index is 0.173. The van der Waals surface area contributed by atoms with E-state index in [1.54, 1.807) is 6.92 Å². The number of anilines is 1. The molecule has 0 saturated carbocycles. The molecule has 0 saturated heterocycles. The Morgan fingerprint density at radius 2 is 2.15 bits per heavy atom. The van der Waals surface area contributed by atoms with E-state index in [1.807, 2.05) is 13.8 Å². The van der Waals surface area contributed by atoms with Crippen molar-refractivity contribution in [2.45, 2.75) is 38.3 Å². The molecule has 0 bridgehead atoms. The van der Waals surface area contributed by atoms with Crippen molar-refractivity contribution in [2.24, 2.45) is 0 Å². The van der Waals surface area contributed by atoms with Crippen LogP contribution in [0.5, 0.6) is 0 Å². The molecule has 0 fully saturated rings. The zero-order chi connectivity index (χ0) is 14.8. The van der Waals surface area contributed by atoms with Crippen LogP contribution in [0.1, 0.15) is 25.2 Å². The average Bonchev–Trinajstić information content (AvgIpc) is 2.95. The summed E-state index contributed by atoms with van der Waals surface area (Å²) in [4.78, 5) is 0.173. The monoisotopic (exact) mass is 298 g/mol. The molecule has 0 aliphatic carbocycles. The molecule has 0 radical (unpaired) electrons. The van der Waals surface area contributed by atoms with Gasteiger partial charge in [0.05, 0.1) is 23.3 Å². The summed E-state index contributed by atoms with van der Waals surface area (Å²) in [5, 5.41) is 16.2. The van der Waals surface area contributed by atoms with Gasteiger partial charge < -0.3 is 5.32 Å². The van der Waals surface area contributed by atoms with Crippen LogP contribution in [0.15, 0.2) is 17.3 Å². The topological polar surface area (TPSA) is 116 Å². The van der Waals surface area contributed by atoms with Crippen molar-refractivity contribution in [3.8, 4) is 0 Å². The normalized spacial score (nSPS) is 12.0. The quantitative estimate of drug-likeness (QED) is 0.628. The summed E-state index contributed by atoms with van der Waals surface area (Å²) >= 11 is 0. The second kappa shape index (κ2) is 5.63. The highest BCUT2D eigenvalue weighted by molar-refractivity contribution is 7.92. The summed E-state index contributed by atoms with van der Waals surface area (Å²) in [6, 6.07) is 0.240. The summed E-state index contributed by atoms with van der Waals surface area (Å²) in [5.74, 6) is 0. The maximum Gasteiger partial charge on any atom is 0.265 e. The van der Waals surface area contributed by atoms with E-state index >= 15 is 0 Å². The number of aromatic nitrogens is 4. The fraction of sp³-hybridized carbons (Fsp3) is 0.455. The molecule has 0 aliphatic rings. The number of hydrogen-bond acceptors (Lipinski definition) is 5. The molecule has 2 heterocycles. The maximum atomic E-state index is 12.4. The van der Waals surface area contributed by atoms with Crippen LogP contribution >= 0.6 is 0 Å². The van der Waals surface area contributed by atoms with Gasteiger partial charge in [0.25, 0.3) is 10.0 Å². The van der Waals surface area contributed by atoms with Crippen LogP contribution < -0.4 is 10.0 Å². The van der Waals surface area contributed by atoms with E-state index in [2.05, 4.69) is 30.4 Å². The van der Waals surface area contributed by atoms with E-state index < -0.39 is 10.0 Å². The highest BCUT2D eigenvalue weighted by Crippen LogP contribution is 2.20. The lowest BCUT2D eigenvalue weighted by Gasteiger charge is -2.09. The van der Waals surface area contributed by atoms with Crippen molar-refractivity contribution < 1.29 is 8.42 Å². The molecule has 9 heteroatoms. The lowest BCUT2D eigenvalue weighted by atomic mass is 10.3. The van der Waals surface area contributed by atoms with E-state index in [0.29, 0.717) is 23.6 Å². The van der Waals surface area contributed by atoms with Crippen molar-refractivity contribution in [3.05, 3.63) is 23.8 Å². The van der Waals surface area contributed by atoms with Crippen LogP contribution in [0.25, 0.3) is 0 Å². The van der Waals surface area contributed by atoms with Gasteiger partial charge in [-0.1, -0.05) is 13.8 Å². The standard InChI is InChI=1S/C11H18N6O2S/c1-7(2)12-6-10-11(8(3)15-16-10)20(18,19)17-9-4-13-14-5-9/h4-5,7,12,17H,6H2,1-3H3,(H,13,14)(H,15,16). The molecule has 4 N–H and O–H groups in total. The highest BCUT2D eigenvalue weighted by Gasteiger charge is 2.24. The largest absolute Gasteiger partial charge is 0.309 e. The van der Waals surface area contributed by atoms with Crippen LogP contribution in [0.3, 0.4) is 0 Å². The zero-order valence-electron chi connectivity index (χ0n) is 11.6. The van der Waals surface area contributed by atoms with Crippen LogP contribution in [0.2, 0.25) is 0 Å². The Balaban J connectivity index is 2.28. The molecule has 0 atom stereocenters. The van der Waals surface area contributed by atoms with E-state index in [0.717, 1.165) is 0 Å². The van der Waals surface area contributed by atoms with Gasteiger partial charge in [0.1, 0.15) is 4.90 Å². The first-order valence-corrected chi connectivity index (χ1v) is 7.67. The van der Waals surface area contributed by atoms with Crippen LogP contribution in [-0.4, -0.2) is 34.9 Å². The van der Waals surface area contributed by atoms with Crippen molar-refractivity contribution in [1.29, 1.82) is 0 Å². The van der Waals surface area contributed by atoms with E-state index in [1.165, 1.54) is 12.4 Å². The molecule has 0 aromatic carbocycles. The number of nitrogens with one attached hydrogen (secondary N) is 4. The minimum Gasteiger partial charge on any atom is -0.309 e. The van der Waals surface area contributed by atoms with Gasteiger partial charge in [0, 0.05) is 18.8 Å². The Labute approximate surface area is 117 Å². The number of nitrogens with zero attached hydrogens (tertiary/aromatic N) is 2. The first kappa shape index (κ1) is 14.5. The Morgan fingerprint density at radius 3 is 2.75 bits per heavy atom. The third-order valence-electron chi connectivity index (χ3n) is 2.66. The molecule has 0 aliphatic heterocycles. The van der Waals surface area contributed by atoms with Crippen molar-refractivity contribution in [2.75, 3.05) is 4.72 Å². The second-order valence-corrected chi connectivity index (χ2v) is 6.37. The van der Waals surface area contributed by atoms with Gasteiger partial charge in [-0.3, -0.25) is 14.9 Å². The lowest BCUT2D eigenvalue weighted by Crippen LogP contribution is -2.24. The smallest absolute Gasteiger partial charge is 0.265 e. The third kappa shape index (κ3) is 3.17. The van der Waals surface area contributed by atoms with Gasteiger partial charge in [0.2, 0.25) is 0 Å². The van der Waals surface area contributed by atoms with Crippen LogP contribution in [0, 0.1) is 6.92 Å². The van der Waals surface area contributed by atoms with Crippen molar-refractivity contribution in [3.63, 3.8) is 0 Å². The molecule has 20 heavy (non-hydrogen) atoms.